The zero-order valence-electron chi connectivity index (χ0n) is 15.6. The van der Waals surface area contributed by atoms with E-state index in [1.54, 1.807) is 61.8 Å². The lowest BCUT2D eigenvalue weighted by molar-refractivity contribution is -0.123. The molecule has 9 heteroatoms. The van der Waals surface area contributed by atoms with Crippen molar-refractivity contribution in [3.8, 4) is 0 Å². The zero-order chi connectivity index (χ0) is 20.8. The standard InChI is InChI=1S/C20H19F2N5O2/c1-26-13-15(11-25-26)27(20(29)14-7-3-2-4-8-14)18(16-9-5-6-10-23-16)19(28)24-12-17(21)22/h2-11,13,17-18H,12H2,1H3,(H,24,28). The van der Waals surface area contributed by atoms with Gasteiger partial charge in [0, 0.05) is 25.0 Å². The molecule has 3 rings (SSSR count). The average molecular weight is 399 g/mol. The van der Waals surface area contributed by atoms with Crippen LogP contribution < -0.4 is 10.2 Å². The van der Waals surface area contributed by atoms with Crippen molar-refractivity contribution >= 4 is 17.5 Å². The van der Waals surface area contributed by atoms with Gasteiger partial charge in [-0.3, -0.25) is 24.2 Å². The van der Waals surface area contributed by atoms with Gasteiger partial charge in [0.05, 0.1) is 24.1 Å². The maximum absolute atomic E-state index is 13.3. The van der Waals surface area contributed by atoms with Gasteiger partial charge in [-0.05, 0) is 24.3 Å². The third kappa shape index (κ3) is 4.81. The highest BCUT2D eigenvalue weighted by Gasteiger charge is 2.35. The van der Waals surface area contributed by atoms with Crippen molar-refractivity contribution in [1.82, 2.24) is 20.1 Å². The summed E-state index contributed by atoms with van der Waals surface area (Å²) in [4.78, 5) is 31.6. The topological polar surface area (TPSA) is 80.1 Å². The van der Waals surface area contributed by atoms with Crippen molar-refractivity contribution < 1.29 is 18.4 Å². The first-order chi connectivity index (χ1) is 14.0. The molecule has 0 aliphatic carbocycles. The Morgan fingerprint density at radius 3 is 2.45 bits per heavy atom. The second-order valence-electron chi connectivity index (χ2n) is 6.21. The fraction of sp³-hybridized carbons (Fsp3) is 0.200. The first-order valence-corrected chi connectivity index (χ1v) is 8.81. The largest absolute Gasteiger partial charge is 0.348 e. The number of hydrogen-bond acceptors (Lipinski definition) is 4. The molecule has 150 valence electrons. The molecule has 29 heavy (non-hydrogen) atoms. The molecule has 1 aromatic carbocycles. The van der Waals surface area contributed by atoms with Gasteiger partial charge in [0.2, 0.25) is 5.91 Å². The Kier molecular flexibility index (Phi) is 6.28. The molecular formula is C20H19F2N5O2. The number of aromatic nitrogens is 3. The van der Waals surface area contributed by atoms with Crippen molar-refractivity contribution in [2.24, 2.45) is 7.05 Å². The third-order valence-electron chi connectivity index (χ3n) is 4.11. The number of anilines is 1. The number of alkyl halides is 2. The van der Waals surface area contributed by atoms with Crippen molar-refractivity contribution in [3.63, 3.8) is 0 Å². The molecule has 0 spiro atoms. The molecule has 0 aliphatic rings. The summed E-state index contributed by atoms with van der Waals surface area (Å²) < 4.78 is 26.9. The molecule has 1 N–H and O–H groups in total. The number of nitrogens with one attached hydrogen (secondary N) is 1. The van der Waals surface area contributed by atoms with Gasteiger partial charge in [0.25, 0.3) is 12.3 Å². The van der Waals surface area contributed by atoms with E-state index in [1.807, 2.05) is 0 Å². The van der Waals surface area contributed by atoms with E-state index < -0.39 is 30.8 Å². The Morgan fingerprint density at radius 1 is 1.14 bits per heavy atom. The van der Waals surface area contributed by atoms with Gasteiger partial charge in [-0.2, -0.15) is 5.10 Å². The molecule has 0 aliphatic heterocycles. The maximum atomic E-state index is 13.3. The lowest BCUT2D eigenvalue weighted by Gasteiger charge is -2.29. The van der Waals surface area contributed by atoms with Gasteiger partial charge in [0.15, 0.2) is 6.04 Å². The number of benzene rings is 1. The Hall–Kier alpha value is -3.62. The summed E-state index contributed by atoms with van der Waals surface area (Å²) in [6.45, 7) is -0.831. The van der Waals surface area contributed by atoms with Gasteiger partial charge >= 0.3 is 0 Å². The van der Waals surface area contributed by atoms with E-state index in [0.717, 1.165) is 0 Å². The lowest BCUT2D eigenvalue weighted by Crippen LogP contribution is -2.45. The Morgan fingerprint density at radius 2 is 1.86 bits per heavy atom. The third-order valence-corrected chi connectivity index (χ3v) is 4.11. The number of nitrogens with zero attached hydrogens (tertiary/aromatic N) is 4. The van der Waals surface area contributed by atoms with Crippen molar-refractivity contribution in [2.45, 2.75) is 12.5 Å². The molecule has 0 fully saturated rings. The number of hydrogen-bond donors (Lipinski definition) is 1. The molecule has 0 bridgehead atoms. The van der Waals surface area contributed by atoms with Crippen LogP contribution in [0.1, 0.15) is 22.1 Å². The molecule has 2 aromatic heterocycles. The van der Waals surface area contributed by atoms with Gasteiger partial charge in [0.1, 0.15) is 0 Å². The Bertz CT molecular complexity index is 963. The highest BCUT2D eigenvalue weighted by atomic mass is 19.3. The van der Waals surface area contributed by atoms with Gasteiger partial charge in [-0.1, -0.05) is 24.3 Å². The molecule has 1 atom stereocenters. The smallest absolute Gasteiger partial charge is 0.259 e. The van der Waals surface area contributed by atoms with Crippen molar-refractivity contribution in [3.05, 3.63) is 78.4 Å². The van der Waals surface area contributed by atoms with Crippen LogP contribution in [0.15, 0.2) is 67.1 Å². The monoisotopic (exact) mass is 399 g/mol. The van der Waals surface area contributed by atoms with Gasteiger partial charge in [-0.15, -0.1) is 0 Å². The van der Waals surface area contributed by atoms with E-state index in [4.69, 9.17) is 0 Å². The first-order valence-electron chi connectivity index (χ1n) is 8.81. The highest BCUT2D eigenvalue weighted by molar-refractivity contribution is 6.09. The van der Waals surface area contributed by atoms with Crippen LogP contribution in [0.4, 0.5) is 14.5 Å². The minimum absolute atomic E-state index is 0.243. The summed E-state index contributed by atoms with van der Waals surface area (Å²) in [5, 5.41) is 6.27. The van der Waals surface area contributed by atoms with E-state index >= 15 is 0 Å². The SMILES string of the molecule is Cn1cc(N(C(=O)c2ccccc2)C(C(=O)NCC(F)F)c2ccccn2)cn1. The lowest BCUT2D eigenvalue weighted by atomic mass is 10.1. The van der Waals surface area contributed by atoms with E-state index in [1.165, 1.54) is 22.0 Å². The van der Waals surface area contributed by atoms with Crippen LogP contribution in [0.5, 0.6) is 0 Å². The molecule has 2 heterocycles. The summed E-state index contributed by atoms with van der Waals surface area (Å²) in [5.41, 5.74) is 0.913. The predicted molar refractivity (Wildman–Crippen MR) is 102 cm³/mol. The molecule has 0 saturated carbocycles. The number of carbonyl (C=O) groups excluding carboxylic acids is 2. The van der Waals surface area contributed by atoms with E-state index in [2.05, 4.69) is 15.4 Å². The minimum Gasteiger partial charge on any atom is -0.348 e. The summed E-state index contributed by atoms with van der Waals surface area (Å²) in [5.74, 6) is -1.25. The molecule has 0 radical (unpaired) electrons. The van der Waals surface area contributed by atoms with Crippen molar-refractivity contribution in [2.75, 3.05) is 11.4 Å². The first kappa shape index (κ1) is 20.1. The van der Waals surface area contributed by atoms with Crippen LogP contribution in [0.25, 0.3) is 0 Å². The van der Waals surface area contributed by atoms with Crippen LogP contribution in [0.2, 0.25) is 0 Å². The fourth-order valence-corrected chi connectivity index (χ4v) is 2.83. The molecular weight excluding hydrogens is 380 g/mol. The summed E-state index contributed by atoms with van der Waals surface area (Å²) in [6, 6.07) is 12.0. The molecule has 1 unspecified atom stereocenters. The number of pyridine rings is 1. The minimum atomic E-state index is -2.72. The van der Waals surface area contributed by atoms with Gasteiger partial charge in [-0.25, -0.2) is 8.78 Å². The summed E-state index contributed by atoms with van der Waals surface area (Å²) in [7, 11) is 1.67. The second kappa shape index (κ2) is 9.05. The highest BCUT2D eigenvalue weighted by Crippen LogP contribution is 2.28. The molecule has 3 aromatic rings. The number of halogens is 2. The van der Waals surface area contributed by atoms with Crippen LogP contribution in [0.3, 0.4) is 0 Å². The number of rotatable bonds is 7. The van der Waals surface area contributed by atoms with Crippen LogP contribution in [0, 0.1) is 0 Å². The number of amides is 2. The number of carbonyl (C=O) groups is 2. The zero-order valence-corrected chi connectivity index (χ0v) is 15.6. The fourth-order valence-electron chi connectivity index (χ4n) is 2.83. The molecule has 7 nitrogen and oxygen atoms in total. The normalized spacial score (nSPS) is 11.9. The van der Waals surface area contributed by atoms with Crippen LogP contribution in [-0.2, 0) is 11.8 Å². The van der Waals surface area contributed by atoms with E-state index in [-0.39, 0.29) is 5.69 Å². The van der Waals surface area contributed by atoms with Gasteiger partial charge < -0.3 is 5.32 Å². The van der Waals surface area contributed by atoms with E-state index in [0.29, 0.717) is 11.3 Å². The number of aryl methyl sites for hydroxylation is 1. The van der Waals surface area contributed by atoms with Crippen molar-refractivity contribution in [1.29, 1.82) is 0 Å². The quantitative estimate of drug-likeness (QED) is 0.662. The predicted octanol–water partition coefficient (Wildman–Crippen LogP) is 2.58. The molecule has 2 amide bonds. The van der Waals surface area contributed by atoms with Crippen LogP contribution >= 0.6 is 0 Å². The Labute approximate surface area is 166 Å². The summed E-state index contributed by atoms with van der Waals surface area (Å²) >= 11 is 0. The maximum Gasteiger partial charge on any atom is 0.259 e. The van der Waals surface area contributed by atoms with Crippen LogP contribution in [-0.4, -0.2) is 39.5 Å². The van der Waals surface area contributed by atoms with E-state index in [9.17, 15) is 18.4 Å². The average Bonchev–Trinajstić information content (AvgIpc) is 3.16. The summed E-state index contributed by atoms with van der Waals surface area (Å²) in [6.07, 6.45) is 1.74. The Balaban J connectivity index is 2.09. The second-order valence-corrected chi connectivity index (χ2v) is 6.21. The molecule has 0 saturated heterocycles.